The largest absolute Gasteiger partial charge is 1.00 e. The second-order valence-corrected chi connectivity index (χ2v) is 6.16. The molecule has 1 nitrogen and oxygen atoms in total. The van der Waals surface area contributed by atoms with Gasteiger partial charge in [-0.1, -0.05) is 51.5 Å². The van der Waals surface area contributed by atoms with Crippen molar-refractivity contribution in [1.29, 1.82) is 0 Å². The molecule has 0 radical (unpaired) electrons. The van der Waals surface area contributed by atoms with Crippen molar-refractivity contribution in [2.75, 3.05) is 13.1 Å². The predicted octanol–water partition coefficient (Wildman–Crippen LogP) is 1.27. The quantitative estimate of drug-likeness (QED) is 0.637. The molecule has 2 heteroatoms. The van der Waals surface area contributed by atoms with Gasteiger partial charge >= 0.3 is 18.9 Å². The minimum atomic E-state index is 0. The number of hydrogen-bond donors (Lipinski definition) is 0. The van der Waals surface area contributed by atoms with Crippen molar-refractivity contribution in [1.82, 2.24) is 4.90 Å². The molecule has 0 aromatic rings. The summed E-state index contributed by atoms with van der Waals surface area (Å²) in [6.07, 6.45) is 14.9. The molecule has 1 heterocycles. The summed E-state index contributed by atoms with van der Waals surface area (Å²) in [5, 5.41) is 0. The number of nitrogens with zero attached hydrogens (tertiary/aromatic N) is 1. The van der Waals surface area contributed by atoms with Crippen LogP contribution >= 0.6 is 0 Å². The van der Waals surface area contributed by atoms with E-state index in [1.165, 1.54) is 38.8 Å². The van der Waals surface area contributed by atoms with Crippen LogP contribution in [0, 0.1) is 17.8 Å². The average molecular weight is 254 g/mol. The van der Waals surface area contributed by atoms with Crippen molar-refractivity contribution in [2.45, 2.75) is 52.5 Å². The third-order valence-electron chi connectivity index (χ3n) is 4.48. The number of hydrogen-bond acceptors (Lipinski definition) is 1. The molecule has 1 saturated carbocycles. The Hall–Kier alpha value is 0.0374. The first-order valence-corrected chi connectivity index (χ1v) is 7.87. The third kappa shape index (κ3) is 4.00. The van der Waals surface area contributed by atoms with E-state index in [4.69, 9.17) is 0 Å². The minimum Gasteiger partial charge on any atom is -0.300 e. The molecule has 4 unspecified atom stereocenters. The van der Waals surface area contributed by atoms with E-state index in [0.29, 0.717) is 0 Å². The average Bonchev–Trinajstić information content (AvgIpc) is 2.95. The van der Waals surface area contributed by atoms with Crippen LogP contribution in [-0.2, 0) is 0 Å². The van der Waals surface area contributed by atoms with E-state index in [-0.39, 0.29) is 18.9 Å². The molecule has 2 fully saturated rings. The zero-order valence-electron chi connectivity index (χ0n) is 13.3. The molecule has 0 N–H and O–H groups in total. The van der Waals surface area contributed by atoms with Crippen LogP contribution in [0.15, 0.2) is 24.3 Å². The zero-order valence-corrected chi connectivity index (χ0v) is 13.3. The summed E-state index contributed by atoms with van der Waals surface area (Å²) in [5.74, 6) is 2.52. The van der Waals surface area contributed by atoms with Crippen LogP contribution in [-0.4, -0.2) is 24.0 Å². The van der Waals surface area contributed by atoms with Gasteiger partial charge in [0.25, 0.3) is 0 Å². The topological polar surface area (TPSA) is 3.24 Å². The molecular formula is C17H29LiN+. The van der Waals surface area contributed by atoms with Gasteiger partial charge in [0.05, 0.1) is 0 Å². The molecule has 1 aliphatic heterocycles. The summed E-state index contributed by atoms with van der Waals surface area (Å²) in [6, 6.07) is 0.832. The second kappa shape index (κ2) is 8.35. The number of allylic oxidation sites excluding steroid dienone is 3. The number of fused-ring (bicyclic) bond motifs is 1. The van der Waals surface area contributed by atoms with Gasteiger partial charge in [0.1, 0.15) is 0 Å². The third-order valence-corrected chi connectivity index (χ3v) is 4.48. The molecule has 4 atom stereocenters. The van der Waals surface area contributed by atoms with Gasteiger partial charge in [-0.3, -0.25) is 4.90 Å². The van der Waals surface area contributed by atoms with Crippen LogP contribution < -0.4 is 18.9 Å². The summed E-state index contributed by atoms with van der Waals surface area (Å²) in [6.45, 7) is 9.38. The van der Waals surface area contributed by atoms with Gasteiger partial charge in [-0.25, -0.2) is 0 Å². The van der Waals surface area contributed by atoms with Crippen molar-refractivity contribution in [3.05, 3.63) is 24.3 Å². The van der Waals surface area contributed by atoms with Crippen LogP contribution in [0.3, 0.4) is 0 Å². The van der Waals surface area contributed by atoms with Crippen molar-refractivity contribution in [3.8, 4) is 0 Å². The summed E-state index contributed by atoms with van der Waals surface area (Å²) >= 11 is 0. The first-order valence-electron chi connectivity index (χ1n) is 7.87. The molecule has 0 aromatic carbocycles. The van der Waals surface area contributed by atoms with E-state index in [1.807, 2.05) is 0 Å². The van der Waals surface area contributed by atoms with Crippen molar-refractivity contribution in [3.63, 3.8) is 0 Å². The Balaban J connectivity index is 0.000000416. The fraction of sp³-hybridized carbons (Fsp3) is 0.765. The van der Waals surface area contributed by atoms with Gasteiger partial charge in [-0.05, 0) is 50.1 Å². The normalized spacial score (nSPS) is 36.4. The molecule has 2 aliphatic carbocycles. The SMILES string of the molecule is CC1CC2C=CC=CC2C1N1CCCC1.CCC.[Li+]. The number of rotatable bonds is 1. The molecule has 3 aliphatic rings. The molecule has 1 saturated heterocycles. The molecule has 0 spiro atoms. The van der Waals surface area contributed by atoms with Crippen LogP contribution in [0.5, 0.6) is 0 Å². The van der Waals surface area contributed by atoms with Crippen LogP contribution in [0.4, 0.5) is 0 Å². The molecule has 0 amide bonds. The molecule has 0 aromatic heterocycles. The Labute approximate surface area is 131 Å². The number of likely N-dealkylation sites (tertiary alicyclic amines) is 1. The van der Waals surface area contributed by atoms with Gasteiger partial charge in [0.15, 0.2) is 0 Å². The Kier molecular flexibility index (Phi) is 7.51. The van der Waals surface area contributed by atoms with Crippen LogP contribution in [0.2, 0.25) is 0 Å². The van der Waals surface area contributed by atoms with E-state index < -0.39 is 0 Å². The van der Waals surface area contributed by atoms with Gasteiger partial charge in [-0.2, -0.15) is 0 Å². The fourth-order valence-corrected chi connectivity index (χ4v) is 3.86. The molecular weight excluding hydrogens is 225 g/mol. The van der Waals surface area contributed by atoms with E-state index in [1.54, 1.807) is 0 Å². The Morgan fingerprint density at radius 1 is 1.05 bits per heavy atom. The van der Waals surface area contributed by atoms with E-state index >= 15 is 0 Å². The maximum atomic E-state index is 2.75. The Bertz CT molecular complexity index is 304. The van der Waals surface area contributed by atoms with Gasteiger partial charge in [-0.15, -0.1) is 0 Å². The van der Waals surface area contributed by atoms with Gasteiger partial charge < -0.3 is 0 Å². The second-order valence-electron chi connectivity index (χ2n) is 6.16. The summed E-state index contributed by atoms with van der Waals surface area (Å²) in [4.78, 5) is 2.75. The Morgan fingerprint density at radius 3 is 2.26 bits per heavy atom. The fourth-order valence-electron chi connectivity index (χ4n) is 3.86. The maximum Gasteiger partial charge on any atom is 1.00 e. The first kappa shape index (κ1) is 17.1. The van der Waals surface area contributed by atoms with E-state index in [2.05, 4.69) is 50.0 Å². The van der Waals surface area contributed by atoms with Crippen molar-refractivity contribution < 1.29 is 18.9 Å². The van der Waals surface area contributed by atoms with Gasteiger partial charge in [0.2, 0.25) is 0 Å². The van der Waals surface area contributed by atoms with Crippen molar-refractivity contribution in [2.24, 2.45) is 17.8 Å². The van der Waals surface area contributed by atoms with Crippen LogP contribution in [0.1, 0.15) is 46.5 Å². The van der Waals surface area contributed by atoms with E-state index in [9.17, 15) is 0 Å². The molecule has 19 heavy (non-hydrogen) atoms. The van der Waals surface area contributed by atoms with Crippen LogP contribution in [0.25, 0.3) is 0 Å². The summed E-state index contributed by atoms with van der Waals surface area (Å²) in [7, 11) is 0. The monoisotopic (exact) mass is 254 g/mol. The summed E-state index contributed by atoms with van der Waals surface area (Å²) in [5.41, 5.74) is 0. The molecule has 102 valence electrons. The van der Waals surface area contributed by atoms with Gasteiger partial charge in [0, 0.05) is 6.04 Å². The molecule has 3 rings (SSSR count). The smallest absolute Gasteiger partial charge is 0.300 e. The first-order chi connectivity index (χ1) is 8.77. The molecule has 0 bridgehead atoms. The summed E-state index contributed by atoms with van der Waals surface area (Å²) < 4.78 is 0. The minimum absolute atomic E-state index is 0. The zero-order chi connectivity index (χ0) is 13.0. The predicted molar refractivity (Wildman–Crippen MR) is 79.6 cm³/mol. The Morgan fingerprint density at radius 2 is 1.63 bits per heavy atom. The maximum absolute atomic E-state index is 2.75. The standard InChI is InChI=1S/C14H21N.C3H8.Li/c1-11-10-12-6-2-3-7-13(12)14(11)15-8-4-5-9-15;1-3-2;/h2-3,6-7,11-14H,4-5,8-10H2,1H3;3H2,1-2H3;/q;;+1. The van der Waals surface area contributed by atoms with E-state index in [0.717, 1.165) is 23.8 Å². The van der Waals surface area contributed by atoms with Crippen molar-refractivity contribution >= 4 is 0 Å².